The average molecular weight is 261 g/mol. The Bertz CT molecular complexity index is 492. The number of aryl methyl sites for hydroxylation is 1. The zero-order chi connectivity index (χ0) is 14.3. The van der Waals surface area contributed by atoms with Gasteiger partial charge < -0.3 is 10.1 Å². The van der Waals surface area contributed by atoms with Gasteiger partial charge >= 0.3 is 5.97 Å². The van der Waals surface area contributed by atoms with Crippen molar-refractivity contribution in [3.63, 3.8) is 0 Å². The van der Waals surface area contributed by atoms with Crippen molar-refractivity contribution in [2.75, 3.05) is 13.7 Å². The van der Waals surface area contributed by atoms with Crippen LogP contribution in [0.4, 0.5) is 0 Å². The lowest BCUT2D eigenvalue weighted by Gasteiger charge is -2.04. The Hall–Kier alpha value is -2.10. The van der Waals surface area contributed by atoms with Gasteiger partial charge in [-0.25, -0.2) is 4.79 Å². The summed E-state index contributed by atoms with van der Waals surface area (Å²) in [5.74, 6) is -0.359. The van der Waals surface area contributed by atoms with Crippen molar-refractivity contribution >= 4 is 18.0 Å². The number of ether oxygens (including phenoxy) is 1. The van der Waals surface area contributed by atoms with Gasteiger partial charge in [0.05, 0.1) is 12.7 Å². The van der Waals surface area contributed by atoms with Crippen molar-refractivity contribution in [1.29, 1.82) is 0 Å². The van der Waals surface area contributed by atoms with E-state index in [0.29, 0.717) is 12.1 Å². The van der Waals surface area contributed by atoms with Crippen molar-refractivity contribution < 1.29 is 14.3 Å². The van der Waals surface area contributed by atoms with Gasteiger partial charge in [0, 0.05) is 13.5 Å². The van der Waals surface area contributed by atoms with E-state index in [4.69, 9.17) is 4.74 Å². The van der Waals surface area contributed by atoms with Gasteiger partial charge in [0.1, 0.15) is 0 Å². The number of amides is 1. The minimum absolute atomic E-state index is 0.0308. The Morgan fingerprint density at radius 2 is 2.11 bits per heavy atom. The molecule has 102 valence electrons. The van der Waals surface area contributed by atoms with Crippen molar-refractivity contribution in [2.45, 2.75) is 20.3 Å². The number of carbonyl (C=O) groups excluding carboxylic acids is 2. The Kier molecular flexibility index (Phi) is 5.79. The van der Waals surface area contributed by atoms with Crippen LogP contribution in [0.3, 0.4) is 0 Å². The molecule has 0 aromatic heterocycles. The molecule has 0 bridgehead atoms. The molecule has 0 aliphatic carbocycles. The quantitative estimate of drug-likeness (QED) is 0.653. The molecule has 4 nitrogen and oxygen atoms in total. The first-order valence-electron chi connectivity index (χ1n) is 6.14. The van der Waals surface area contributed by atoms with Crippen molar-refractivity contribution in [1.82, 2.24) is 5.32 Å². The Morgan fingerprint density at radius 3 is 2.74 bits per heavy atom. The Labute approximate surface area is 113 Å². The monoisotopic (exact) mass is 261 g/mol. The van der Waals surface area contributed by atoms with Crippen LogP contribution in [0.5, 0.6) is 0 Å². The molecule has 0 heterocycles. The molecule has 19 heavy (non-hydrogen) atoms. The van der Waals surface area contributed by atoms with E-state index >= 15 is 0 Å². The molecule has 4 heteroatoms. The van der Waals surface area contributed by atoms with Crippen LogP contribution in [0.1, 0.15) is 34.8 Å². The highest BCUT2D eigenvalue weighted by Gasteiger charge is 2.08. The largest absolute Gasteiger partial charge is 0.465 e. The fraction of sp³-hybridized carbons (Fsp3) is 0.333. The zero-order valence-electron chi connectivity index (χ0n) is 11.5. The zero-order valence-corrected chi connectivity index (χ0v) is 11.5. The molecule has 1 N–H and O–H groups in total. The molecule has 0 fully saturated rings. The molecule has 0 unspecified atom stereocenters. The molecular weight excluding hydrogens is 242 g/mol. The van der Waals surface area contributed by atoms with E-state index < -0.39 is 0 Å². The smallest absolute Gasteiger partial charge is 0.338 e. The lowest BCUT2D eigenvalue weighted by atomic mass is 10.0. The second kappa shape index (κ2) is 7.36. The van der Waals surface area contributed by atoms with Crippen LogP contribution in [0.15, 0.2) is 24.3 Å². The third kappa shape index (κ3) is 4.95. The summed E-state index contributed by atoms with van der Waals surface area (Å²) in [6.45, 7) is 3.98. The van der Waals surface area contributed by atoms with Gasteiger partial charge in [0.25, 0.3) is 0 Å². The van der Waals surface area contributed by atoms with Crippen molar-refractivity contribution in [3.05, 3.63) is 41.0 Å². The second-order valence-corrected chi connectivity index (χ2v) is 4.24. The maximum Gasteiger partial charge on any atom is 0.338 e. The van der Waals surface area contributed by atoms with Crippen LogP contribution in [0.25, 0.3) is 6.08 Å². The van der Waals surface area contributed by atoms with Gasteiger partial charge in [-0.3, -0.25) is 4.79 Å². The number of esters is 1. The number of carbonyl (C=O) groups is 2. The molecule has 0 radical (unpaired) electrons. The van der Waals surface area contributed by atoms with Gasteiger partial charge in [0.15, 0.2) is 0 Å². The van der Waals surface area contributed by atoms with Gasteiger partial charge in [-0.05, 0) is 30.5 Å². The molecule has 1 rings (SSSR count). The summed E-state index contributed by atoms with van der Waals surface area (Å²) in [5, 5.41) is 2.72. The van der Waals surface area contributed by atoms with E-state index in [0.717, 1.165) is 17.5 Å². The van der Waals surface area contributed by atoms with Gasteiger partial charge in [-0.15, -0.1) is 0 Å². The summed E-state index contributed by atoms with van der Waals surface area (Å²) in [5.41, 5.74) is 2.41. The van der Waals surface area contributed by atoms with Gasteiger partial charge in [-0.1, -0.05) is 24.3 Å². The SMILES string of the molecule is COC(=O)c1cc(C=CCCNC(C)=O)ccc1C. The van der Waals surface area contributed by atoms with E-state index in [1.54, 1.807) is 6.07 Å². The molecule has 0 saturated carbocycles. The van der Waals surface area contributed by atoms with E-state index in [-0.39, 0.29) is 11.9 Å². The average Bonchev–Trinajstić information content (AvgIpc) is 2.39. The number of methoxy groups -OCH3 is 1. The lowest BCUT2D eigenvalue weighted by molar-refractivity contribution is -0.118. The first kappa shape index (κ1) is 15.0. The van der Waals surface area contributed by atoms with Crippen LogP contribution >= 0.6 is 0 Å². The van der Waals surface area contributed by atoms with Gasteiger partial charge in [-0.2, -0.15) is 0 Å². The topological polar surface area (TPSA) is 55.4 Å². The number of nitrogens with one attached hydrogen (secondary N) is 1. The summed E-state index contributed by atoms with van der Waals surface area (Å²) in [6.07, 6.45) is 4.64. The van der Waals surface area contributed by atoms with E-state index in [1.807, 2.05) is 31.2 Å². The maximum absolute atomic E-state index is 11.5. The van der Waals surface area contributed by atoms with Crippen molar-refractivity contribution in [3.8, 4) is 0 Å². The van der Waals surface area contributed by atoms with E-state index in [2.05, 4.69) is 5.32 Å². The van der Waals surface area contributed by atoms with E-state index in [9.17, 15) is 9.59 Å². The lowest BCUT2D eigenvalue weighted by Crippen LogP contribution is -2.20. The third-order valence-electron chi connectivity index (χ3n) is 2.66. The molecular formula is C15H19NO3. The summed E-state index contributed by atoms with van der Waals surface area (Å²) in [4.78, 5) is 22.2. The third-order valence-corrected chi connectivity index (χ3v) is 2.66. The molecule has 0 spiro atoms. The molecule has 1 aromatic carbocycles. The summed E-state index contributed by atoms with van der Waals surface area (Å²) < 4.78 is 4.73. The minimum Gasteiger partial charge on any atom is -0.465 e. The van der Waals surface area contributed by atoms with Crippen LogP contribution < -0.4 is 5.32 Å². The van der Waals surface area contributed by atoms with Gasteiger partial charge in [0.2, 0.25) is 5.91 Å². The Morgan fingerprint density at radius 1 is 1.37 bits per heavy atom. The predicted octanol–water partition coefficient (Wildman–Crippen LogP) is 2.32. The molecule has 0 atom stereocenters. The molecule has 0 aliphatic heterocycles. The fourth-order valence-electron chi connectivity index (χ4n) is 1.62. The Balaban J connectivity index is 2.66. The fourth-order valence-corrected chi connectivity index (χ4v) is 1.62. The van der Waals surface area contributed by atoms with Crippen molar-refractivity contribution in [2.24, 2.45) is 0 Å². The summed E-state index contributed by atoms with van der Waals surface area (Å²) >= 11 is 0. The molecule has 1 amide bonds. The van der Waals surface area contributed by atoms with Crippen LogP contribution in [-0.4, -0.2) is 25.5 Å². The highest BCUT2D eigenvalue weighted by atomic mass is 16.5. The number of rotatable bonds is 5. The highest BCUT2D eigenvalue weighted by Crippen LogP contribution is 2.13. The van der Waals surface area contributed by atoms with Crippen LogP contribution in [0.2, 0.25) is 0 Å². The van der Waals surface area contributed by atoms with Crippen LogP contribution in [-0.2, 0) is 9.53 Å². The standard InChI is InChI=1S/C15H19NO3/c1-11-7-8-13(10-14(11)15(18)19-3)6-4-5-9-16-12(2)17/h4,6-8,10H,5,9H2,1-3H3,(H,16,17). The predicted molar refractivity (Wildman–Crippen MR) is 74.9 cm³/mol. The molecule has 0 saturated heterocycles. The summed E-state index contributed by atoms with van der Waals surface area (Å²) in [7, 11) is 1.37. The number of benzene rings is 1. The first-order chi connectivity index (χ1) is 9.04. The highest BCUT2D eigenvalue weighted by molar-refractivity contribution is 5.91. The normalized spacial score (nSPS) is 10.5. The summed E-state index contributed by atoms with van der Waals surface area (Å²) in [6, 6.07) is 5.63. The number of hydrogen-bond donors (Lipinski definition) is 1. The molecule has 0 aliphatic rings. The maximum atomic E-state index is 11.5. The van der Waals surface area contributed by atoms with E-state index in [1.165, 1.54) is 14.0 Å². The second-order valence-electron chi connectivity index (χ2n) is 4.24. The molecule has 1 aromatic rings. The minimum atomic E-state index is -0.328. The number of hydrogen-bond acceptors (Lipinski definition) is 3. The first-order valence-corrected chi connectivity index (χ1v) is 6.14. The van der Waals surface area contributed by atoms with Crippen LogP contribution in [0, 0.1) is 6.92 Å².